The number of rotatable bonds is 6. The first-order valence-corrected chi connectivity index (χ1v) is 8.66. The Labute approximate surface area is 156 Å². The minimum atomic E-state index is -0.428. The number of aromatic nitrogens is 3. The first-order chi connectivity index (χ1) is 12.9. The van der Waals surface area contributed by atoms with Crippen molar-refractivity contribution < 1.29 is 23.6 Å². The number of anilines is 1. The smallest absolute Gasteiger partial charge is 0.277 e. The standard InChI is InChI=1S/C17H23N5O5/c1-11-6-21(7-12(2)26-11)16(23)9-22-8-13(5-18-22)19-17(24)15-4-14(10-25-3)27-20-15/h4-5,8,11-12H,6-7,9-10H2,1-3H3,(H,19,24). The number of nitrogens with one attached hydrogen (secondary N) is 1. The van der Waals surface area contributed by atoms with E-state index in [9.17, 15) is 9.59 Å². The van der Waals surface area contributed by atoms with Gasteiger partial charge in [0.15, 0.2) is 11.5 Å². The van der Waals surface area contributed by atoms with Crippen LogP contribution < -0.4 is 5.32 Å². The van der Waals surface area contributed by atoms with Gasteiger partial charge in [0.05, 0.1) is 24.1 Å². The van der Waals surface area contributed by atoms with Crippen molar-refractivity contribution in [1.29, 1.82) is 0 Å². The highest BCUT2D eigenvalue weighted by atomic mass is 16.5. The summed E-state index contributed by atoms with van der Waals surface area (Å²) in [5.41, 5.74) is 0.606. The molecule has 1 aliphatic rings. The number of carbonyl (C=O) groups excluding carboxylic acids is 2. The Hall–Kier alpha value is -2.72. The van der Waals surface area contributed by atoms with Crippen LogP contribution in [0.4, 0.5) is 5.69 Å². The summed E-state index contributed by atoms with van der Waals surface area (Å²) in [5.74, 6) is -0.0144. The first kappa shape index (κ1) is 19.1. The van der Waals surface area contributed by atoms with Crippen molar-refractivity contribution in [3.63, 3.8) is 0 Å². The van der Waals surface area contributed by atoms with E-state index >= 15 is 0 Å². The fourth-order valence-electron chi connectivity index (χ4n) is 2.96. The number of methoxy groups -OCH3 is 1. The molecule has 1 N–H and O–H groups in total. The molecule has 2 aromatic heterocycles. The molecule has 0 aromatic carbocycles. The molecule has 0 saturated carbocycles. The van der Waals surface area contributed by atoms with Crippen LogP contribution in [0, 0.1) is 0 Å². The Bertz CT molecular complexity index is 791. The molecule has 2 amide bonds. The highest BCUT2D eigenvalue weighted by Crippen LogP contribution is 2.13. The largest absolute Gasteiger partial charge is 0.377 e. The van der Waals surface area contributed by atoms with Crippen molar-refractivity contribution in [3.05, 3.63) is 29.9 Å². The van der Waals surface area contributed by atoms with E-state index < -0.39 is 5.91 Å². The third-order valence-electron chi connectivity index (χ3n) is 4.04. The van der Waals surface area contributed by atoms with Crippen molar-refractivity contribution in [1.82, 2.24) is 19.8 Å². The second-order valence-corrected chi connectivity index (χ2v) is 6.55. The molecule has 1 fully saturated rings. The summed E-state index contributed by atoms with van der Waals surface area (Å²) < 4.78 is 17.0. The molecule has 1 aliphatic heterocycles. The van der Waals surface area contributed by atoms with Crippen molar-refractivity contribution in [2.75, 3.05) is 25.5 Å². The summed E-state index contributed by atoms with van der Waals surface area (Å²) in [7, 11) is 1.52. The maximum Gasteiger partial charge on any atom is 0.277 e. The SMILES string of the molecule is COCc1cc(C(=O)Nc2cnn(CC(=O)N3CC(C)OC(C)C3)c2)no1. The van der Waals surface area contributed by atoms with Crippen molar-refractivity contribution in [2.24, 2.45) is 0 Å². The van der Waals surface area contributed by atoms with Gasteiger partial charge < -0.3 is 24.2 Å². The minimum Gasteiger partial charge on any atom is -0.377 e. The lowest BCUT2D eigenvalue weighted by atomic mass is 10.2. The van der Waals surface area contributed by atoms with E-state index in [1.54, 1.807) is 11.1 Å². The molecule has 27 heavy (non-hydrogen) atoms. The van der Waals surface area contributed by atoms with E-state index in [0.29, 0.717) is 24.5 Å². The third-order valence-corrected chi connectivity index (χ3v) is 4.04. The summed E-state index contributed by atoms with van der Waals surface area (Å²) in [6, 6.07) is 1.51. The van der Waals surface area contributed by atoms with Gasteiger partial charge in [0, 0.05) is 32.5 Å². The van der Waals surface area contributed by atoms with Gasteiger partial charge in [-0.3, -0.25) is 14.3 Å². The van der Waals surface area contributed by atoms with E-state index in [1.807, 2.05) is 13.8 Å². The van der Waals surface area contributed by atoms with Gasteiger partial charge in [-0.15, -0.1) is 0 Å². The summed E-state index contributed by atoms with van der Waals surface area (Å²) in [4.78, 5) is 26.4. The lowest BCUT2D eigenvalue weighted by Crippen LogP contribution is -2.49. The van der Waals surface area contributed by atoms with Crippen LogP contribution in [0.1, 0.15) is 30.1 Å². The predicted octanol–water partition coefficient (Wildman–Crippen LogP) is 0.906. The highest BCUT2D eigenvalue weighted by molar-refractivity contribution is 6.02. The molecule has 2 aromatic rings. The average molecular weight is 377 g/mol. The van der Waals surface area contributed by atoms with Crippen molar-refractivity contribution in [2.45, 2.75) is 39.2 Å². The van der Waals surface area contributed by atoms with E-state index in [0.717, 1.165) is 0 Å². The van der Waals surface area contributed by atoms with E-state index in [2.05, 4.69) is 15.6 Å². The van der Waals surface area contributed by atoms with E-state index in [4.69, 9.17) is 14.0 Å². The molecular weight excluding hydrogens is 354 g/mol. The van der Waals surface area contributed by atoms with Crippen LogP contribution in [0.15, 0.2) is 23.0 Å². The molecule has 3 heterocycles. The van der Waals surface area contributed by atoms with E-state index in [1.165, 1.54) is 24.1 Å². The van der Waals surface area contributed by atoms with Crippen LogP contribution in [0.5, 0.6) is 0 Å². The van der Waals surface area contributed by atoms with Gasteiger partial charge in [-0.2, -0.15) is 5.10 Å². The quantitative estimate of drug-likeness (QED) is 0.796. The van der Waals surface area contributed by atoms with Gasteiger partial charge >= 0.3 is 0 Å². The third kappa shape index (κ3) is 4.92. The van der Waals surface area contributed by atoms with Crippen molar-refractivity contribution >= 4 is 17.5 Å². The van der Waals surface area contributed by atoms with Gasteiger partial charge in [-0.05, 0) is 13.8 Å². The number of ether oxygens (including phenoxy) is 2. The van der Waals surface area contributed by atoms with Gasteiger partial charge in [-0.1, -0.05) is 5.16 Å². The summed E-state index contributed by atoms with van der Waals surface area (Å²) in [6.07, 6.45) is 3.09. The molecule has 0 radical (unpaired) electrons. The Kier molecular flexibility index (Phi) is 5.87. The zero-order chi connectivity index (χ0) is 19.4. The number of hydrogen-bond acceptors (Lipinski definition) is 7. The topological polar surface area (TPSA) is 112 Å². The summed E-state index contributed by atoms with van der Waals surface area (Å²) in [5, 5.41) is 10.5. The lowest BCUT2D eigenvalue weighted by molar-refractivity contribution is -0.144. The number of nitrogens with zero attached hydrogens (tertiary/aromatic N) is 4. The first-order valence-electron chi connectivity index (χ1n) is 8.66. The monoisotopic (exact) mass is 377 g/mol. The summed E-state index contributed by atoms with van der Waals surface area (Å²) in [6.45, 7) is 5.34. The van der Waals surface area contributed by atoms with Gasteiger partial charge in [-0.25, -0.2) is 0 Å². The second-order valence-electron chi connectivity index (χ2n) is 6.55. The minimum absolute atomic E-state index is 0.00984. The van der Waals surface area contributed by atoms with Gasteiger partial charge in [0.2, 0.25) is 5.91 Å². The van der Waals surface area contributed by atoms with Crippen LogP contribution >= 0.6 is 0 Å². The van der Waals surface area contributed by atoms with Crippen LogP contribution in [0.3, 0.4) is 0 Å². The predicted molar refractivity (Wildman–Crippen MR) is 94.0 cm³/mol. The Morgan fingerprint density at radius 3 is 2.78 bits per heavy atom. The molecule has 146 valence electrons. The number of amides is 2. The Morgan fingerprint density at radius 1 is 1.33 bits per heavy atom. The second kappa shape index (κ2) is 8.31. The number of carbonyl (C=O) groups is 2. The Morgan fingerprint density at radius 2 is 2.07 bits per heavy atom. The van der Waals surface area contributed by atoms with Gasteiger partial charge in [0.1, 0.15) is 13.2 Å². The highest BCUT2D eigenvalue weighted by Gasteiger charge is 2.26. The number of morpholine rings is 1. The van der Waals surface area contributed by atoms with Crippen LogP contribution in [0.25, 0.3) is 0 Å². The molecular formula is C17H23N5O5. The lowest BCUT2D eigenvalue weighted by Gasteiger charge is -2.35. The maximum atomic E-state index is 12.5. The zero-order valence-corrected chi connectivity index (χ0v) is 15.5. The van der Waals surface area contributed by atoms with Crippen LogP contribution in [-0.2, 0) is 27.4 Å². The fraction of sp³-hybridized carbons (Fsp3) is 0.529. The molecule has 2 unspecified atom stereocenters. The molecule has 10 heteroatoms. The molecule has 10 nitrogen and oxygen atoms in total. The molecule has 1 saturated heterocycles. The summed E-state index contributed by atoms with van der Waals surface area (Å²) >= 11 is 0. The molecule has 0 aliphatic carbocycles. The van der Waals surface area contributed by atoms with Crippen LogP contribution in [0.2, 0.25) is 0 Å². The molecule has 0 spiro atoms. The fourth-order valence-corrected chi connectivity index (χ4v) is 2.96. The van der Waals surface area contributed by atoms with E-state index in [-0.39, 0.29) is 37.0 Å². The normalized spacial score (nSPS) is 19.9. The van der Waals surface area contributed by atoms with Crippen LogP contribution in [-0.4, -0.2) is 64.1 Å². The Balaban J connectivity index is 1.56. The van der Waals surface area contributed by atoms with Gasteiger partial charge in [0.25, 0.3) is 5.91 Å². The average Bonchev–Trinajstić information content (AvgIpc) is 3.24. The maximum absolute atomic E-state index is 12.5. The molecule has 3 rings (SSSR count). The number of hydrogen-bond donors (Lipinski definition) is 1. The zero-order valence-electron chi connectivity index (χ0n) is 15.5. The van der Waals surface area contributed by atoms with Crippen molar-refractivity contribution in [3.8, 4) is 0 Å². The molecule has 0 bridgehead atoms. The molecule has 2 atom stereocenters.